The van der Waals surface area contributed by atoms with E-state index in [0.29, 0.717) is 6.42 Å². The monoisotopic (exact) mass is 348 g/mol. The van der Waals surface area contributed by atoms with Crippen LogP contribution in [0.3, 0.4) is 0 Å². The van der Waals surface area contributed by atoms with Gasteiger partial charge < -0.3 is 15.7 Å². The summed E-state index contributed by atoms with van der Waals surface area (Å²) in [4.78, 5) is 11.6. The SMILES string of the molecule is CC(CCCO)NC(=O)Nc1ccc(I)cc1. The standard InChI is InChI=1S/C12H17IN2O2/c1-9(3-2-8-16)14-12(17)15-11-6-4-10(13)5-7-11/h4-7,9,16H,2-3,8H2,1H3,(H2,14,15,17). The maximum atomic E-state index is 11.6. The van der Waals surface area contributed by atoms with Crippen molar-refractivity contribution >= 4 is 34.3 Å². The fourth-order valence-corrected chi connectivity index (χ4v) is 1.75. The van der Waals surface area contributed by atoms with Gasteiger partial charge in [0.25, 0.3) is 0 Å². The van der Waals surface area contributed by atoms with Crippen LogP contribution in [0.4, 0.5) is 10.5 Å². The summed E-state index contributed by atoms with van der Waals surface area (Å²) in [6.45, 7) is 2.08. The molecule has 0 radical (unpaired) electrons. The van der Waals surface area contributed by atoms with E-state index in [1.54, 1.807) is 0 Å². The zero-order valence-electron chi connectivity index (χ0n) is 9.74. The maximum absolute atomic E-state index is 11.6. The Bertz CT molecular complexity index is 354. The third-order valence-electron chi connectivity index (χ3n) is 2.27. The van der Waals surface area contributed by atoms with Gasteiger partial charge in [0.2, 0.25) is 0 Å². The predicted molar refractivity (Wildman–Crippen MR) is 77.1 cm³/mol. The van der Waals surface area contributed by atoms with Crippen LogP contribution in [0.2, 0.25) is 0 Å². The first kappa shape index (κ1) is 14.2. The zero-order chi connectivity index (χ0) is 12.7. The fourth-order valence-electron chi connectivity index (χ4n) is 1.39. The maximum Gasteiger partial charge on any atom is 0.319 e. The van der Waals surface area contributed by atoms with Crippen molar-refractivity contribution in [1.29, 1.82) is 0 Å². The second-order valence-electron chi connectivity index (χ2n) is 3.87. The van der Waals surface area contributed by atoms with E-state index in [0.717, 1.165) is 15.7 Å². The molecule has 1 unspecified atom stereocenters. The molecule has 17 heavy (non-hydrogen) atoms. The zero-order valence-corrected chi connectivity index (χ0v) is 11.9. The normalized spacial score (nSPS) is 11.9. The molecule has 0 aliphatic rings. The fraction of sp³-hybridized carbons (Fsp3) is 0.417. The number of rotatable bonds is 5. The number of hydrogen-bond acceptors (Lipinski definition) is 2. The molecule has 0 saturated carbocycles. The summed E-state index contributed by atoms with van der Waals surface area (Å²) in [5.41, 5.74) is 0.775. The lowest BCUT2D eigenvalue weighted by molar-refractivity contribution is 0.245. The van der Waals surface area contributed by atoms with Crippen LogP contribution in [0, 0.1) is 3.57 Å². The average Bonchev–Trinajstić information content (AvgIpc) is 2.29. The van der Waals surface area contributed by atoms with Crippen molar-refractivity contribution in [2.24, 2.45) is 0 Å². The Balaban J connectivity index is 2.36. The number of anilines is 1. The van der Waals surface area contributed by atoms with E-state index >= 15 is 0 Å². The minimum absolute atomic E-state index is 0.0611. The van der Waals surface area contributed by atoms with Crippen molar-refractivity contribution in [3.8, 4) is 0 Å². The Hall–Kier alpha value is -0.820. The number of carbonyl (C=O) groups excluding carboxylic acids is 1. The highest BCUT2D eigenvalue weighted by atomic mass is 127. The molecule has 0 aliphatic carbocycles. The summed E-state index contributed by atoms with van der Waals surface area (Å²) in [7, 11) is 0. The van der Waals surface area contributed by atoms with Crippen molar-refractivity contribution in [2.75, 3.05) is 11.9 Å². The Morgan fingerprint density at radius 3 is 2.65 bits per heavy atom. The number of carbonyl (C=O) groups is 1. The number of urea groups is 1. The summed E-state index contributed by atoms with van der Waals surface area (Å²) in [5.74, 6) is 0. The molecule has 0 aliphatic heterocycles. The van der Waals surface area contributed by atoms with Crippen LogP contribution in [0.5, 0.6) is 0 Å². The molecule has 5 heteroatoms. The van der Waals surface area contributed by atoms with Gasteiger partial charge in [0.1, 0.15) is 0 Å². The number of benzene rings is 1. The highest BCUT2D eigenvalue weighted by Crippen LogP contribution is 2.10. The number of amides is 2. The van der Waals surface area contributed by atoms with Crippen LogP contribution in [-0.4, -0.2) is 23.8 Å². The lowest BCUT2D eigenvalue weighted by Crippen LogP contribution is -2.36. The highest BCUT2D eigenvalue weighted by Gasteiger charge is 2.06. The Labute approximate surface area is 115 Å². The second kappa shape index (κ2) is 7.50. The first-order valence-corrected chi connectivity index (χ1v) is 6.63. The van der Waals surface area contributed by atoms with E-state index < -0.39 is 0 Å². The summed E-state index contributed by atoms with van der Waals surface area (Å²) in [5, 5.41) is 14.3. The third kappa shape index (κ3) is 5.88. The van der Waals surface area contributed by atoms with Gasteiger partial charge >= 0.3 is 6.03 Å². The van der Waals surface area contributed by atoms with Crippen molar-refractivity contribution in [3.63, 3.8) is 0 Å². The number of hydrogen-bond donors (Lipinski definition) is 3. The minimum atomic E-state index is -0.211. The molecule has 2 amide bonds. The molecule has 1 atom stereocenters. The molecule has 0 heterocycles. The van der Waals surface area contributed by atoms with Gasteiger partial charge in [-0.25, -0.2) is 4.79 Å². The summed E-state index contributed by atoms with van der Waals surface area (Å²) >= 11 is 2.21. The van der Waals surface area contributed by atoms with Gasteiger partial charge in [-0.1, -0.05) is 0 Å². The van der Waals surface area contributed by atoms with Crippen LogP contribution in [0.1, 0.15) is 19.8 Å². The van der Waals surface area contributed by atoms with Crippen LogP contribution in [0.15, 0.2) is 24.3 Å². The number of nitrogens with one attached hydrogen (secondary N) is 2. The Kier molecular flexibility index (Phi) is 6.28. The van der Waals surface area contributed by atoms with Crippen molar-refractivity contribution in [2.45, 2.75) is 25.8 Å². The van der Waals surface area contributed by atoms with Gasteiger partial charge in [-0.3, -0.25) is 0 Å². The van der Waals surface area contributed by atoms with E-state index in [1.165, 1.54) is 0 Å². The lowest BCUT2D eigenvalue weighted by atomic mass is 10.2. The molecular weight excluding hydrogens is 331 g/mol. The largest absolute Gasteiger partial charge is 0.396 e. The third-order valence-corrected chi connectivity index (χ3v) is 2.99. The molecule has 0 saturated heterocycles. The number of aliphatic hydroxyl groups is 1. The molecule has 0 bridgehead atoms. The molecular formula is C12H17IN2O2. The molecule has 0 fully saturated rings. The number of aliphatic hydroxyl groups excluding tert-OH is 1. The van der Waals surface area contributed by atoms with Gasteiger partial charge in [-0.2, -0.15) is 0 Å². The van der Waals surface area contributed by atoms with E-state index in [9.17, 15) is 4.79 Å². The van der Waals surface area contributed by atoms with E-state index in [4.69, 9.17) is 5.11 Å². The summed E-state index contributed by atoms with van der Waals surface area (Å²) in [6.07, 6.45) is 1.47. The van der Waals surface area contributed by atoms with Gasteiger partial charge in [0.15, 0.2) is 0 Å². The quantitative estimate of drug-likeness (QED) is 0.717. The molecule has 1 aromatic rings. The lowest BCUT2D eigenvalue weighted by Gasteiger charge is -2.14. The van der Waals surface area contributed by atoms with E-state index in [-0.39, 0.29) is 18.7 Å². The molecule has 0 aromatic heterocycles. The van der Waals surface area contributed by atoms with Crippen LogP contribution in [-0.2, 0) is 0 Å². The first-order valence-electron chi connectivity index (χ1n) is 5.55. The van der Waals surface area contributed by atoms with Crippen LogP contribution in [0.25, 0.3) is 0 Å². The summed E-state index contributed by atoms with van der Waals surface area (Å²) < 4.78 is 1.13. The topological polar surface area (TPSA) is 61.4 Å². The molecule has 3 N–H and O–H groups in total. The number of halogens is 1. The average molecular weight is 348 g/mol. The van der Waals surface area contributed by atoms with E-state index in [1.807, 2.05) is 31.2 Å². The summed E-state index contributed by atoms with van der Waals surface area (Å²) in [6, 6.07) is 7.44. The van der Waals surface area contributed by atoms with Gasteiger partial charge in [-0.15, -0.1) is 0 Å². The van der Waals surface area contributed by atoms with Crippen molar-refractivity contribution in [1.82, 2.24) is 5.32 Å². The minimum Gasteiger partial charge on any atom is -0.396 e. The Morgan fingerprint density at radius 2 is 2.06 bits per heavy atom. The highest BCUT2D eigenvalue weighted by molar-refractivity contribution is 14.1. The Morgan fingerprint density at radius 1 is 1.41 bits per heavy atom. The van der Waals surface area contributed by atoms with Crippen LogP contribution >= 0.6 is 22.6 Å². The van der Waals surface area contributed by atoms with Gasteiger partial charge in [0, 0.05) is 21.9 Å². The van der Waals surface area contributed by atoms with E-state index in [2.05, 4.69) is 33.2 Å². The smallest absolute Gasteiger partial charge is 0.319 e. The molecule has 0 spiro atoms. The second-order valence-corrected chi connectivity index (χ2v) is 5.12. The molecule has 1 aromatic carbocycles. The molecule has 1 rings (SSSR count). The van der Waals surface area contributed by atoms with Crippen molar-refractivity contribution in [3.05, 3.63) is 27.8 Å². The van der Waals surface area contributed by atoms with Gasteiger partial charge in [0.05, 0.1) is 0 Å². The first-order chi connectivity index (χ1) is 8.11. The molecule has 4 nitrogen and oxygen atoms in total. The van der Waals surface area contributed by atoms with Crippen molar-refractivity contribution < 1.29 is 9.90 Å². The van der Waals surface area contributed by atoms with Crippen LogP contribution < -0.4 is 10.6 Å². The van der Waals surface area contributed by atoms with Gasteiger partial charge in [-0.05, 0) is 66.6 Å². The predicted octanol–water partition coefficient (Wildman–Crippen LogP) is 2.57. The molecule has 94 valence electrons.